The molecule has 1 amide bonds. The normalized spacial score (nSPS) is 26.8. The highest BCUT2D eigenvalue weighted by atomic mass is 16.6. The minimum Gasteiger partial charge on any atom is -0.480 e. The highest BCUT2D eigenvalue weighted by molar-refractivity contribution is 5.79. The summed E-state index contributed by atoms with van der Waals surface area (Å²) >= 11 is 0. The summed E-state index contributed by atoms with van der Waals surface area (Å²) in [5, 5.41) is 11.6. The SMILES string of the molecule is CC(C)(C)OC(=O)NC(CC[C@@H]1C[C@H]1C1CC1)C(=O)O. The topological polar surface area (TPSA) is 75.6 Å². The third kappa shape index (κ3) is 4.69. The smallest absolute Gasteiger partial charge is 0.408 e. The molecular weight excluding hydrogens is 258 g/mol. The molecule has 2 saturated carbocycles. The van der Waals surface area contributed by atoms with Gasteiger partial charge in [-0.25, -0.2) is 9.59 Å². The van der Waals surface area contributed by atoms with E-state index < -0.39 is 23.7 Å². The van der Waals surface area contributed by atoms with Gasteiger partial charge in [-0.2, -0.15) is 0 Å². The van der Waals surface area contributed by atoms with Gasteiger partial charge < -0.3 is 15.2 Å². The van der Waals surface area contributed by atoms with Gasteiger partial charge in [-0.15, -0.1) is 0 Å². The van der Waals surface area contributed by atoms with Gasteiger partial charge in [-0.05, 0) is 70.6 Å². The first kappa shape index (κ1) is 15.1. The van der Waals surface area contributed by atoms with Crippen LogP contribution in [-0.2, 0) is 9.53 Å². The van der Waals surface area contributed by atoms with Gasteiger partial charge in [0.15, 0.2) is 0 Å². The van der Waals surface area contributed by atoms with E-state index in [1.165, 1.54) is 19.3 Å². The molecule has 0 bridgehead atoms. The van der Waals surface area contributed by atoms with Crippen molar-refractivity contribution in [2.45, 2.75) is 64.5 Å². The lowest BCUT2D eigenvalue weighted by Gasteiger charge is -2.22. The first-order valence-corrected chi connectivity index (χ1v) is 7.48. The summed E-state index contributed by atoms with van der Waals surface area (Å²) < 4.78 is 5.10. The van der Waals surface area contributed by atoms with Crippen molar-refractivity contribution in [3.05, 3.63) is 0 Å². The van der Waals surface area contributed by atoms with E-state index in [2.05, 4.69) is 5.32 Å². The lowest BCUT2D eigenvalue weighted by atomic mass is 10.1. The lowest BCUT2D eigenvalue weighted by Crippen LogP contribution is -2.43. The average molecular weight is 283 g/mol. The fourth-order valence-corrected chi connectivity index (χ4v) is 2.79. The molecule has 0 saturated heterocycles. The van der Waals surface area contributed by atoms with E-state index in [1.54, 1.807) is 20.8 Å². The standard InChI is InChI=1S/C15H25NO4/c1-15(2,3)20-14(19)16-12(13(17)18)7-6-10-8-11(10)9-4-5-9/h9-12H,4-8H2,1-3H3,(H,16,19)(H,17,18)/t10-,11+,12?/m1/s1. The van der Waals surface area contributed by atoms with Gasteiger partial charge in [0, 0.05) is 0 Å². The molecule has 20 heavy (non-hydrogen) atoms. The number of carboxylic acids is 1. The maximum absolute atomic E-state index is 11.6. The molecule has 0 aliphatic heterocycles. The summed E-state index contributed by atoms with van der Waals surface area (Å²) in [4.78, 5) is 22.8. The van der Waals surface area contributed by atoms with E-state index in [0.717, 1.165) is 18.3 Å². The molecule has 3 atom stereocenters. The van der Waals surface area contributed by atoms with Gasteiger partial charge in [-0.1, -0.05) is 0 Å². The maximum Gasteiger partial charge on any atom is 0.408 e. The van der Waals surface area contributed by atoms with Gasteiger partial charge in [0.05, 0.1) is 0 Å². The molecule has 2 N–H and O–H groups in total. The Morgan fingerprint density at radius 2 is 2.00 bits per heavy atom. The van der Waals surface area contributed by atoms with Crippen LogP contribution in [0.3, 0.4) is 0 Å². The van der Waals surface area contributed by atoms with Gasteiger partial charge in [0.2, 0.25) is 0 Å². The maximum atomic E-state index is 11.6. The highest BCUT2D eigenvalue weighted by Crippen LogP contribution is 2.56. The van der Waals surface area contributed by atoms with Crippen molar-refractivity contribution in [2.24, 2.45) is 17.8 Å². The van der Waals surface area contributed by atoms with Crippen molar-refractivity contribution in [1.29, 1.82) is 0 Å². The summed E-state index contributed by atoms with van der Waals surface area (Å²) in [5.41, 5.74) is -0.610. The first-order chi connectivity index (χ1) is 9.26. The number of hydrogen-bond acceptors (Lipinski definition) is 3. The monoisotopic (exact) mass is 283 g/mol. The van der Waals surface area contributed by atoms with E-state index in [0.29, 0.717) is 12.3 Å². The molecule has 2 fully saturated rings. The number of alkyl carbamates (subject to hydrolysis) is 1. The number of nitrogens with one attached hydrogen (secondary N) is 1. The van der Waals surface area contributed by atoms with Crippen LogP contribution >= 0.6 is 0 Å². The van der Waals surface area contributed by atoms with Crippen LogP contribution in [0.4, 0.5) is 4.79 Å². The molecule has 2 aliphatic carbocycles. The highest BCUT2D eigenvalue weighted by Gasteiger charge is 2.47. The van der Waals surface area contributed by atoms with E-state index in [9.17, 15) is 14.7 Å². The number of carboxylic acid groups (broad SMARTS) is 1. The fraction of sp³-hybridized carbons (Fsp3) is 0.867. The number of hydrogen-bond donors (Lipinski definition) is 2. The van der Waals surface area contributed by atoms with Gasteiger partial charge in [0.25, 0.3) is 0 Å². The van der Waals surface area contributed by atoms with E-state index in [-0.39, 0.29) is 0 Å². The first-order valence-electron chi connectivity index (χ1n) is 7.48. The molecule has 0 aromatic carbocycles. The van der Waals surface area contributed by atoms with Crippen molar-refractivity contribution < 1.29 is 19.4 Å². The van der Waals surface area contributed by atoms with Crippen LogP contribution in [0.15, 0.2) is 0 Å². The third-order valence-corrected chi connectivity index (χ3v) is 4.02. The van der Waals surface area contributed by atoms with Gasteiger partial charge >= 0.3 is 12.1 Å². The Hall–Kier alpha value is -1.26. The Morgan fingerprint density at radius 3 is 2.50 bits per heavy atom. The zero-order chi connectivity index (χ0) is 14.9. The molecule has 0 radical (unpaired) electrons. The number of rotatable bonds is 6. The average Bonchev–Trinajstić information content (AvgIpc) is 3.11. The van der Waals surface area contributed by atoms with Crippen LogP contribution in [0, 0.1) is 17.8 Å². The number of aliphatic carboxylic acids is 1. The quantitative estimate of drug-likeness (QED) is 0.786. The Balaban J connectivity index is 1.72. The van der Waals surface area contributed by atoms with E-state index in [1.807, 2.05) is 0 Å². The summed E-state index contributed by atoms with van der Waals surface area (Å²) in [5.74, 6) is 1.41. The number of carbonyl (C=O) groups excluding carboxylic acids is 1. The molecule has 0 aromatic heterocycles. The zero-order valence-electron chi connectivity index (χ0n) is 12.5. The molecule has 5 nitrogen and oxygen atoms in total. The second-order valence-electron chi connectivity index (χ2n) is 7.11. The molecule has 0 spiro atoms. The summed E-state index contributed by atoms with van der Waals surface area (Å²) in [6.45, 7) is 5.27. The predicted octanol–water partition coefficient (Wildman–Crippen LogP) is 2.79. The van der Waals surface area contributed by atoms with Gasteiger partial charge in [0.1, 0.15) is 11.6 Å². The molecule has 2 rings (SSSR count). The molecule has 1 unspecified atom stereocenters. The van der Waals surface area contributed by atoms with Crippen LogP contribution in [0.1, 0.15) is 52.9 Å². The van der Waals surface area contributed by atoms with Crippen LogP contribution in [0.2, 0.25) is 0 Å². The second kappa shape index (κ2) is 5.62. The molecule has 0 aromatic rings. The zero-order valence-corrected chi connectivity index (χ0v) is 12.5. The minimum atomic E-state index is -0.987. The van der Waals surface area contributed by atoms with Crippen LogP contribution in [0.25, 0.3) is 0 Å². The van der Waals surface area contributed by atoms with Crippen LogP contribution < -0.4 is 5.32 Å². The molecule has 114 valence electrons. The van der Waals surface area contributed by atoms with Crippen molar-refractivity contribution in [3.8, 4) is 0 Å². The molecular formula is C15H25NO4. The van der Waals surface area contributed by atoms with Gasteiger partial charge in [-0.3, -0.25) is 0 Å². The second-order valence-corrected chi connectivity index (χ2v) is 7.11. The summed E-state index contributed by atoms with van der Waals surface area (Å²) in [6, 6.07) is -0.842. The van der Waals surface area contributed by atoms with Crippen LogP contribution in [-0.4, -0.2) is 28.8 Å². The molecule has 5 heteroatoms. The molecule has 2 aliphatic rings. The Kier molecular flexibility index (Phi) is 4.25. The van der Waals surface area contributed by atoms with Crippen molar-refractivity contribution >= 4 is 12.1 Å². The number of carbonyl (C=O) groups is 2. The Bertz CT molecular complexity index is 384. The Labute approximate surface area is 120 Å². The Morgan fingerprint density at radius 1 is 1.35 bits per heavy atom. The summed E-state index contributed by atoms with van der Waals surface area (Å²) in [6.07, 6.45) is 4.65. The summed E-state index contributed by atoms with van der Waals surface area (Å²) in [7, 11) is 0. The third-order valence-electron chi connectivity index (χ3n) is 4.02. The van der Waals surface area contributed by atoms with Crippen LogP contribution in [0.5, 0.6) is 0 Å². The van der Waals surface area contributed by atoms with E-state index >= 15 is 0 Å². The minimum absolute atomic E-state index is 0.489. The van der Waals surface area contributed by atoms with Crippen molar-refractivity contribution in [1.82, 2.24) is 5.32 Å². The number of amides is 1. The largest absolute Gasteiger partial charge is 0.480 e. The van der Waals surface area contributed by atoms with Crippen molar-refractivity contribution in [2.75, 3.05) is 0 Å². The van der Waals surface area contributed by atoms with E-state index in [4.69, 9.17) is 4.74 Å². The van der Waals surface area contributed by atoms with Crippen molar-refractivity contribution in [3.63, 3.8) is 0 Å². The number of ether oxygens (including phenoxy) is 1. The molecule has 0 heterocycles. The predicted molar refractivity (Wildman–Crippen MR) is 74.3 cm³/mol. The fourth-order valence-electron chi connectivity index (χ4n) is 2.79. The lowest BCUT2D eigenvalue weighted by molar-refractivity contribution is -0.139.